The number of carboxylic acids is 1. The zero-order valence-corrected chi connectivity index (χ0v) is 19.0. The van der Waals surface area contributed by atoms with E-state index in [2.05, 4.69) is 20.8 Å². The summed E-state index contributed by atoms with van der Waals surface area (Å²) >= 11 is 13.4. The van der Waals surface area contributed by atoms with Gasteiger partial charge in [-0.3, -0.25) is 0 Å². The Hall–Kier alpha value is 1.26. The Morgan fingerprint density at radius 1 is 0.900 bits per heavy atom. The van der Waals surface area contributed by atoms with Crippen molar-refractivity contribution in [2.24, 2.45) is 0 Å². The van der Waals surface area contributed by atoms with Gasteiger partial charge in [0.1, 0.15) is 0 Å². The SMILES string of the molecule is CCC[CH2][Pb]([CH2]CCC)[CH2]CCC.O=C(O)C(Cl)(Cl)Cl. The average Bonchev–Trinajstić information content (AvgIpc) is 2.37. The summed E-state index contributed by atoms with van der Waals surface area (Å²) in [7, 11) is 0. The summed E-state index contributed by atoms with van der Waals surface area (Å²) in [6, 6.07) is 0. The van der Waals surface area contributed by atoms with Crippen molar-refractivity contribution in [1.29, 1.82) is 0 Å². The van der Waals surface area contributed by atoms with Crippen molar-refractivity contribution in [3.05, 3.63) is 0 Å². The number of halogens is 3. The molecule has 0 aliphatic carbocycles. The molecule has 0 aliphatic rings. The van der Waals surface area contributed by atoms with E-state index in [4.69, 9.17) is 39.9 Å². The Kier molecular flexibility index (Phi) is 17.8. The van der Waals surface area contributed by atoms with Gasteiger partial charge in [-0.15, -0.1) is 0 Å². The van der Waals surface area contributed by atoms with Crippen LogP contribution in [0.4, 0.5) is 0 Å². The van der Waals surface area contributed by atoms with Crippen molar-refractivity contribution in [1.82, 2.24) is 0 Å². The van der Waals surface area contributed by atoms with Crippen molar-refractivity contribution < 1.29 is 9.90 Å². The second kappa shape index (κ2) is 15.2. The Labute approximate surface area is 147 Å². The largest absolute Gasteiger partial charge is 0.478 e. The molecular weight excluding hydrogens is 514 g/mol. The van der Waals surface area contributed by atoms with E-state index in [9.17, 15) is 4.79 Å². The molecule has 0 aliphatic heterocycles. The number of unbranched alkanes of at least 4 members (excludes halogenated alkanes) is 3. The Morgan fingerprint density at radius 3 is 1.30 bits per heavy atom. The van der Waals surface area contributed by atoms with Crippen molar-refractivity contribution in [3.63, 3.8) is 0 Å². The quantitative estimate of drug-likeness (QED) is 0.274. The van der Waals surface area contributed by atoms with Gasteiger partial charge in [-0.1, -0.05) is 34.8 Å². The van der Waals surface area contributed by atoms with Crippen molar-refractivity contribution in [3.8, 4) is 0 Å². The summed E-state index contributed by atoms with van der Waals surface area (Å²) in [4.78, 5) is 9.62. The molecule has 0 fully saturated rings. The zero-order chi connectivity index (χ0) is 16.0. The van der Waals surface area contributed by atoms with Crippen LogP contribution in [0.15, 0.2) is 0 Å². The van der Waals surface area contributed by atoms with Crippen LogP contribution in [-0.2, 0) is 4.79 Å². The first-order valence-corrected chi connectivity index (χ1v) is 16.8. The number of hydrogen-bond acceptors (Lipinski definition) is 1. The van der Waals surface area contributed by atoms with E-state index in [1.54, 1.807) is 11.9 Å². The van der Waals surface area contributed by atoms with Gasteiger partial charge in [-0.05, 0) is 0 Å². The van der Waals surface area contributed by atoms with Gasteiger partial charge < -0.3 is 5.11 Å². The zero-order valence-electron chi connectivity index (χ0n) is 12.9. The summed E-state index contributed by atoms with van der Waals surface area (Å²) in [5.41, 5.74) is 0. The van der Waals surface area contributed by atoms with Gasteiger partial charge in [0.05, 0.1) is 0 Å². The first kappa shape index (κ1) is 23.5. The van der Waals surface area contributed by atoms with E-state index in [0.717, 1.165) is 0 Å². The molecule has 0 unspecified atom stereocenters. The predicted octanol–water partition coefficient (Wildman–Crippen LogP) is 6.32. The Bertz CT molecular complexity index is 214. The number of alkyl halides is 3. The fraction of sp³-hybridized carbons (Fsp3) is 0.929. The van der Waals surface area contributed by atoms with Crippen molar-refractivity contribution in [2.45, 2.75) is 75.0 Å². The third kappa shape index (κ3) is 17.3. The maximum atomic E-state index is 9.62. The Morgan fingerprint density at radius 2 is 1.15 bits per heavy atom. The van der Waals surface area contributed by atoms with Crippen molar-refractivity contribution >= 4 is 63.5 Å². The van der Waals surface area contributed by atoms with Crippen molar-refractivity contribution in [2.75, 3.05) is 0 Å². The second-order valence-corrected chi connectivity index (χ2v) is 18.8. The minimum Gasteiger partial charge on any atom is -0.478 e. The normalized spacial score (nSPS) is 11.2. The molecule has 0 spiro atoms. The predicted molar refractivity (Wildman–Crippen MR) is 92.8 cm³/mol. The molecule has 121 valence electrons. The molecule has 0 aromatic heterocycles. The van der Waals surface area contributed by atoms with Gasteiger partial charge in [0.25, 0.3) is 3.79 Å². The molecule has 0 bridgehead atoms. The molecule has 0 amide bonds. The third-order valence-corrected chi connectivity index (χ3v) is 15.7. The van der Waals surface area contributed by atoms with E-state index in [-0.39, 0.29) is 0 Å². The molecular formula is C14H28Cl3O2Pb. The van der Waals surface area contributed by atoms with Crippen LogP contribution < -0.4 is 0 Å². The van der Waals surface area contributed by atoms with E-state index in [0.29, 0.717) is 0 Å². The monoisotopic (exact) mass is 541 g/mol. The average molecular weight is 542 g/mol. The summed E-state index contributed by atoms with van der Waals surface area (Å²) < 4.78 is 2.92. The van der Waals surface area contributed by atoms with E-state index < -0.39 is 32.5 Å². The van der Waals surface area contributed by atoms with Crippen LogP contribution in [0.2, 0.25) is 11.9 Å². The van der Waals surface area contributed by atoms with Gasteiger partial charge in [-0.2, -0.15) is 0 Å². The summed E-state index contributed by atoms with van der Waals surface area (Å²) in [5.74, 6) is -1.46. The molecule has 0 rings (SSSR count). The fourth-order valence-corrected chi connectivity index (χ4v) is 14.5. The van der Waals surface area contributed by atoms with Crippen LogP contribution in [0, 0.1) is 0 Å². The molecule has 1 N–H and O–H groups in total. The first-order chi connectivity index (χ1) is 9.29. The van der Waals surface area contributed by atoms with Crippen LogP contribution in [0.3, 0.4) is 0 Å². The van der Waals surface area contributed by atoms with Gasteiger partial charge in [0.2, 0.25) is 0 Å². The van der Waals surface area contributed by atoms with Crippen LogP contribution >= 0.6 is 34.8 Å². The molecule has 0 saturated heterocycles. The van der Waals surface area contributed by atoms with E-state index in [1.807, 2.05) is 0 Å². The number of aliphatic carboxylic acids is 1. The minimum absolute atomic E-state index is 0.995. The first-order valence-electron chi connectivity index (χ1n) is 7.43. The smallest absolute Gasteiger partial charge is 0.356 e. The van der Waals surface area contributed by atoms with Gasteiger partial charge in [-0.25, -0.2) is 4.79 Å². The number of carbonyl (C=O) groups is 1. The van der Waals surface area contributed by atoms with Gasteiger partial charge >= 0.3 is 99.9 Å². The van der Waals surface area contributed by atoms with Gasteiger partial charge in [0.15, 0.2) is 0 Å². The topological polar surface area (TPSA) is 37.3 Å². The number of carboxylic acid groups (broad SMARTS) is 1. The number of hydrogen-bond donors (Lipinski definition) is 1. The third-order valence-electron chi connectivity index (χ3n) is 2.89. The number of rotatable bonds is 9. The Balaban J connectivity index is 0. The van der Waals surface area contributed by atoms with Crippen LogP contribution in [-0.4, -0.2) is 37.6 Å². The molecule has 20 heavy (non-hydrogen) atoms. The minimum atomic E-state index is -2.17. The molecule has 0 heterocycles. The second-order valence-electron chi connectivity index (χ2n) is 4.86. The summed E-state index contributed by atoms with van der Waals surface area (Å²) in [6.07, 6.45) is 8.88. The fourth-order valence-electron chi connectivity index (χ4n) is 1.66. The maximum absolute atomic E-state index is 9.62. The molecule has 1 radical (unpaired) electrons. The van der Waals surface area contributed by atoms with E-state index in [1.165, 1.54) is 38.5 Å². The van der Waals surface area contributed by atoms with Crippen LogP contribution in [0.1, 0.15) is 59.3 Å². The summed E-state index contributed by atoms with van der Waals surface area (Å²) in [5, 5.41) is 7.85. The molecule has 6 heteroatoms. The van der Waals surface area contributed by atoms with E-state index >= 15 is 0 Å². The van der Waals surface area contributed by atoms with Gasteiger partial charge in [0, 0.05) is 0 Å². The summed E-state index contributed by atoms with van der Waals surface area (Å²) in [6.45, 7) is 7.01. The standard InChI is InChI=1S/3C4H9.C2HCl3O2.Pb/c3*1-3-4-2;3-2(4,5)1(6)7;/h3*1,3-4H2,2H3;(H,6,7);. The molecule has 0 saturated carbocycles. The molecule has 0 aromatic carbocycles. The molecule has 0 aromatic rings. The maximum Gasteiger partial charge on any atom is 0.356 e. The molecule has 2 nitrogen and oxygen atoms in total. The molecule has 0 atom stereocenters. The van der Waals surface area contributed by atoms with Crippen LogP contribution in [0.5, 0.6) is 0 Å². The van der Waals surface area contributed by atoms with Crippen LogP contribution in [0.25, 0.3) is 0 Å².